The summed E-state index contributed by atoms with van der Waals surface area (Å²) in [6, 6.07) is 17.0. The van der Waals surface area contributed by atoms with Gasteiger partial charge in [-0.3, -0.25) is 4.79 Å². The molecule has 0 bridgehead atoms. The van der Waals surface area contributed by atoms with Crippen molar-refractivity contribution >= 4 is 56.9 Å². The third kappa shape index (κ3) is 5.93. The molecule has 0 aliphatic heterocycles. The van der Waals surface area contributed by atoms with E-state index in [0.29, 0.717) is 17.5 Å². The van der Waals surface area contributed by atoms with E-state index < -0.39 is 0 Å². The molecule has 3 rings (SSSR count). The summed E-state index contributed by atoms with van der Waals surface area (Å²) in [6.45, 7) is 1.84. The molecule has 0 saturated carbocycles. The number of hydrogen-bond acceptors (Lipinski definition) is 7. The fourth-order valence-electron chi connectivity index (χ4n) is 2.26. The fraction of sp³-hybridized carbons (Fsp3) is 0.158. The third-order valence-electron chi connectivity index (χ3n) is 3.67. The minimum absolute atomic E-state index is 0.0861. The van der Waals surface area contributed by atoms with Crippen LogP contribution in [-0.4, -0.2) is 26.1 Å². The van der Waals surface area contributed by atoms with E-state index in [-0.39, 0.29) is 17.1 Å². The predicted molar refractivity (Wildman–Crippen MR) is 117 cm³/mol. The molecule has 0 radical (unpaired) electrons. The number of nitrogens with two attached hydrogens (primary N) is 1. The Kier molecular flexibility index (Phi) is 6.83. The Morgan fingerprint density at radius 2 is 1.79 bits per heavy atom. The van der Waals surface area contributed by atoms with Crippen molar-refractivity contribution in [3.63, 3.8) is 0 Å². The van der Waals surface area contributed by atoms with Gasteiger partial charge in [0.05, 0.1) is 11.0 Å². The van der Waals surface area contributed by atoms with Gasteiger partial charge in [0.15, 0.2) is 0 Å². The Morgan fingerprint density at radius 3 is 2.50 bits per heavy atom. The van der Waals surface area contributed by atoms with Gasteiger partial charge in [-0.15, -0.1) is 11.8 Å². The van der Waals surface area contributed by atoms with E-state index in [1.165, 1.54) is 11.8 Å². The molecule has 0 aliphatic carbocycles. The first-order valence-electron chi connectivity index (χ1n) is 8.50. The zero-order valence-corrected chi connectivity index (χ0v) is 17.5. The van der Waals surface area contributed by atoms with Gasteiger partial charge in [-0.05, 0) is 43.3 Å². The van der Waals surface area contributed by atoms with Gasteiger partial charge in [-0.1, -0.05) is 34.1 Å². The number of benzene rings is 2. The number of anilines is 4. The van der Waals surface area contributed by atoms with E-state index >= 15 is 0 Å². The van der Waals surface area contributed by atoms with Gasteiger partial charge in [0.1, 0.15) is 5.82 Å². The van der Waals surface area contributed by atoms with Crippen LogP contribution in [0.3, 0.4) is 0 Å². The number of halogens is 1. The molecule has 1 amide bonds. The Balaban J connectivity index is 1.58. The summed E-state index contributed by atoms with van der Waals surface area (Å²) in [4.78, 5) is 25.0. The number of carbonyl (C=O) groups is 1. The lowest BCUT2D eigenvalue weighted by Crippen LogP contribution is -2.22. The fourth-order valence-corrected chi connectivity index (χ4v) is 3.26. The lowest BCUT2D eigenvalue weighted by molar-refractivity contribution is -0.115. The van der Waals surface area contributed by atoms with E-state index in [1.54, 1.807) is 0 Å². The van der Waals surface area contributed by atoms with Crippen molar-refractivity contribution in [3.05, 3.63) is 64.9 Å². The summed E-state index contributed by atoms with van der Waals surface area (Å²) in [5, 5.41) is 5.70. The van der Waals surface area contributed by atoms with Crippen LogP contribution in [0.25, 0.3) is 0 Å². The van der Waals surface area contributed by atoms with Gasteiger partial charge in [0, 0.05) is 15.8 Å². The Morgan fingerprint density at radius 1 is 1.07 bits per heavy atom. The van der Waals surface area contributed by atoms with Gasteiger partial charge >= 0.3 is 0 Å². The van der Waals surface area contributed by atoms with Crippen LogP contribution < -0.4 is 16.4 Å². The lowest BCUT2D eigenvalue weighted by atomic mass is 10.3. The van der Waals surface area contributed by atoms with E-state index in [4.69, 9.17) is 5.73 Å². The van der Waals surface area contributed by atoms with E-state index in [2.05, 4.69) is 41.5 Å². The van der Waals surface area contributed by atoms with Crippen LogP contribution in [0.2, 0.25) is 0 Å². The Bertz CT molecular complexity index is 939. The molecule has 28 heavy (non-hydrogen) atoms. The highest BCUT2D eigenvalue weighted by Crippen LogP contribution is 2.20. The number of rotatable bonds is 7. The topological polar surface area (TPSA) is 106 Å². The number of thioether (sulfide) groups is 1. The first kappa shape index (κ1) is 20.1. The number of nitrogens with zero attached hydrogens (tertiary/aromatic N) is 3. The minimum atomic E-state index is -0.285. The molecule has 4 N–H and O–H groups in total. The Hall–Kier alpha value is -2.65. The molecular weight excluding hydrogens is 440 g/mol. The minimum Gasteiger partial charge on any atom is -0.368 e. The van der Waals surface area contributed by atoms with Crippen molar-refractivity contribution in [3.8, 4) is 0 Å². The third-order valence-corrected chi connectivity index (χ3v) is 5.34. The Labute approximate surface area is 175 Å². The second-order valence-corrected chi connectivity index (χ2v) is 8.12. The maximum absolute atomic E-state index is 12.4. The van der Waals surface area contributed by atoms with Crippen molar-refractivity contribution < 1.29 is 4.79 Å². The monoisotopic (exact) mass is 458 g/mol. The van der Waals surface area contributed by atoms with Crippen LogP contribution in [0.4, 0.5) is 23.3 Å². The van der Waals surface area contributed by atoms with Crippen molar-refractivity contribution in [1.29, 1.82) is 0 Å². The number of nitrogen functional groups attached to an aromatic ring is 1. The van der Waals surface area contributed by atoms with Crippen molar-refractivity contribution in [2.75, 3.05) is 16.4 Å². The highest BCUT2D eigenvalue weighted by atomic mass is 79.9. The summed E-state index contributed by atoms with van der Waals surface area (Å²) in [5.74, 6) is 1.37. The molecule has 1 heterocycles. The molecule has 1 atom stereocenters. The largest absolute Gasteiger partial charge is 0.368 e. The number of carbonyl (C=O) groups excluding carboxylic acids is 1. The molecular formula is C19H19BrN6OS. The predicted octanol–water partition coefficient (Wildman–Crippen LogP) is 4.22. The number of hydrogen-bond donors (Lipinski definition) is 3. The molecule has 0 spiro atoms. The summed E-state index contributed by atoms with van der Waals surface area (Å²) < 4.78 is 0.959. The molecule has 3 aromatic rings. The number of aromatic nitrogens is 3. The quantitative estimate of drug-likeness (QED) is 0.486. The first-order chi connectivity index (χ1) is 13.5. The van der Waals surface area contributed by atoms with E-state index in [9.17, 15) is 4.79 Å². The average molecular weight is 459 g/mol. The summed E-state index contributed by atoms with van der Waals surface area (Å²) >= 11 is 4.80. The van der Waals surface area contributed by atoms with Crippen molar-refractivity contribution in [2.45, 2.75) is 17.9 Å². The zero-order valence-electron chi connectivity index (χ0n) is 15.1. The first-order valence-corrected chi connectivity index (χ1v) is 10.3. The summed E-state index contributed by atoms with van der Waals surface area (Å²) in [6.07, 6.45) is 0. The molecule has 7 nitrogen and oxygen atoms in total. The van der Waals surface area contributed by atoms with Gasteiger partial charge < -0.3 is 16.4 Å². The van der Waals surface area contributed by atoms with Gasteiger partial charge in [-0.25, -0.2) is 0 Å². The highest BCUT2D eigenvalue weighted by Gasteiger charge is 2.15. The standard InChI is InChI=1S/C19H19BrN6OS/c1-12(17(27)22-15-9-7-13(20)8-10-15)28-11-16-24-18(21)26-19(25-16)23-14-5-3-2-4-6-14/h2-10,12H,11H2,1H3,(H,22,27)(H3,21,23,24,25,26)/t12-/m1/s1. The second kappa shape index (κ2) is 9.52. The van der Waals surface area contributed by atoms with Crippen LogP contribution in [0, 0.1) is 0 Å². The average Bonchev–Trinajstić information content (AvgIpc) is 2.68. The van der Waals surface area contributed by atoms with Gasteiger partial charge in [0.25, 0.3) is 0 Å². The lowest BCUT2D eigenvalue weighted by Gasteiger charge is -2.12. The summed E-state index contributed by atoms with van der Waals surface area (Å²) in [7, 11) is 0. The molecule has 0 aliphatic rings. The van der Waals surface area contributed by atoms with Gasteiger partial charge in [-0.2, -0.15) is 15.0 Å². The van der Waals surface area contributed by atoms with Gasteiger partial charge in [0.2, 0.25) is 17.8 Å². The molecule has 144 valence electrons. The second-order valence-electron chi connectivity index (χ2n) is 5.87. The van der Waals surface area contributed by atoms with Crippen LogP contribution in [0.15, 0.2) is 59.1 Å². The smallest absolute Gasteiger partial charge is 0.237 e. The number of amides is 1. The molecule has 1 aromatic heterocycles. The molecule has 2 aromatic carbocycles. The SMILES string of the molecule is C[C@@H](SCc1nc(N)nc(Nc2ccccc2)n1)C(=O)Nc1ccc(Br)cc1. The maximum Gasteiger partial charge on any atom is 0.237 e. The molecule has 9 heteroatoms. The molecule has 0 saturated heterocycles. The van der Waals surface area contributed by atoms with E-state index in [1.807, 2.05) is 61.5 Å². The van der Waals surface area contributed by atoms with Crippen LogP contribution in [0.1, 0.15) is 12.7 Å². The van der Waals surface area contributed by atoms with E-state index in [0.717, 1.165) is 15.8 Å². The normalized spacial score (nSPS) is 11.6. The van der Waals surface area contributed by atoms with Crippen LogP contribution in [0.5, 0.6) is 0 Å². The molecule has 0 fully saturated rings. The molecule has 0 unspecified atom stereocenters. The van der Waals surface area contributed by atoms with Crippen LogP contribution >= 0.6 is 27.7 Å². The maximum atomic E-state index is 12.4. The van der Waals surface area contributed by atoms with Crippen LogP contribution in [-0.2, 0) is 10.5 Å². The summed E-state index contributed by atoms with van der Waals surface area (Å²) in [5.41, 5.74) is 7.40. The van der Waals surface area contributed by atoms with Crippen molar-refractivity contribution in [2.24, 2.45) is 0 Å². The highest BCUT2D eigenvalue weighted by molar-refractivity contribution is 9.10. The number of nitrogens with one attached hydrogen (secondary N) is 2. The number of para-hydroxylation sites is 1. The zero-order chi connectivity index (χ0) is 19.9. The van der Waals surface area contributed by atoms with Crippen molar-refractivity contribution in [1.82, 2.24) is 15.0 Å².